The van der Waals surface area contributed by atoms with Crippen molar-refractivity contribution in [3.8, 4) is 0 Å². The van der Waals surface area contributed by atoms with E-state index in [9.17, 15) is 0 Å². The van der Waals surface area contributed by atoms with Gasteiger partial charge in [0.15, 0.2) is 0 Å². The van der Waals surface area contributed by atoms with E-state index in [1.165, 1.54) is 0 Å². The van der Waals surface area contributed by atoms with Crippen LogP contribution < -0.4 is 0 Å². The van der Waals surface area contributed by atoms with Gasteiger partial charge in [0.2, 0.25) is 0 Å². The summed E-state index contributed by atoms with van der Waals surface area (Å²) in [5.41, 5.74) is 0. The van der Waals surface area contributed by atoms with Gasteiger partial charge < -0.3 is 5.48 Å². The molecule has 4 heavy (non-hydrogen) atoms. The summed E-state index contributed by atoms with van der Waals surface area (Å²) < 4.78 is 0. The summed E-state index contributed by atoms with van der Waals surface area (Å²) in [5, 5.41) is 0. The topological polar surface area (TPSA) is 31.5 Å². The van der Waals surface area contributed by atoms with Crippen LogP contribution in [-0.2, 0) is 32.7 Å². The van der Waals surface area contributed by atoms with Crippen molar-refractivity contribution in [3.05, 3.63) is 0 Å². The molecule has 0 bridgehead atoms. The third-order valence-electron chi connectivity index (χ3n) is 0. The largest absolute Gasteiger partial charge is 0.412 e. The Morgan fingerprint density at radius 1 is 1.00 bits per heavy atom. The fourth-order valence-corrected chi connectivity index (χ4v) is 0. The van der Waals surface area contributed by atoms with E-state index in [-0.39, 0.29) is 114 Å². The van der Waals surface area contributed by atoms with Crippen LogP contribution in [0, 0.1) is 75.9 Å². The summed E-state index contributed by atoms with van der Waals surface area (Å²) in [6, 6.07) is 0. The molecule has 0 saturated carbocycles. The van der Waals surface area contributed by atoms with Crippen LogP contribution in [0.5, 0.6) is 0 Å². The normalized spacial score (nSPS) is 0. The van der Waals surface area contributed by atoms with Crippen molar-refractivity contribution in [3.63, 3.8) is 0 Å². The van der Waals surface area contributed by atoms with Gasteiger partial charge >= 0.3 is 0 Å². The molecule has 0 spiro atoms. The first-order valence-electron chi connectivity index (χ1n) is 0. The predicted molar refractivity (Wildman–Crippen MR) is 3.61 cm³/mol. The molecule has 0 aromatic carbocycles. The van der Waals surface area contributed by atoms with Crippen molar-refractivity contribution in [2.75, 3.05) is 0 Å². The SMILES string of the molecule is O.[Er].[Tb].[Y]. The zero-order chi connectivity index (χ0) is 0. The second-order valence-electron chi connectivity index (χ2n) is 0. The van der Waals surface area contributed by atoms with Crippen LogP contribution in [0.3, 0.4) is 0 Å². The van der Waals surface area contributed by atoms with Crippen molar-refractivity contribution in [1.82, 2.24) is 0 Å². The van der Waals surface area contributed by atoms with E-state index in [2.05, 4.69) is 0 Å². The smallest absolute Gasteiger partial charge is 0 e. The maximum atomic E-state index is 0. The fraction of sp³-hybridized carbons (Fsp3) is 0. The molecule has 0 aromatic rings. The maximum Gasteiger partial charge on any atom is 0 e. The molecule has 0 amide bonds. The third-order valence-corrected chi connectivity index (χ3v) is 0. The molecule has 0 aromatic heterocycles. The van der Waals surface area contributed by atoms with Crippen molar-refractivity contribution in [2.45, 2.75) is 0 Å². The van der Waals surface area contributed by atoms with Gasteiger partial charge in [0, 0.05) is 109 Å². The zero-order valence-corrected chi connectivity index (χ0v) is 8.53. The van der Waals surface area contributed by atoms with E-state index in [1.807, 2.05) is 0 Å². The first-order chi connectivity index (χ1) is 0. The molecule has 0 fully saturated rings. The Balaban J connectivity index is 0. The number of hydrogen-bond acceptors (Lipinski definition) is 0. The van der Waals surface area contributed by atoms with Crippen molar-refractivity contribution >= 4 is 0 Å². The second-order valence-corrected chi connectivity index (χ2v) is 0. The Labute approximate surface area is 111 Å². The molecule has 0 rings (SSSR count). The second kappa shape index (κ2) is 16.0. The standard InChI is InChI=1S/Er.H2O.Tb.Y/h;1H2;;. The molecule has 0 saturated heterocycles. The van der Waals surface area contributed by atoms with Crippen LogP contribution in [-0.4, -0.2) is 5.48 Å². The average Bonchev–Trinajstić information content (AvgIpc) is 0. The molecule has 32 valence electrons. The molecular weight excluding hydrogens is 431 g/mol. The quantitative estimate of drug-likeness (QED) is 0.478. The van der Waals surface area contributed by atoms with E-state index in [0.717, 1.165) is 0 Å². The molecule has 4 heteroatoms. The molecule has 2 radical (unpaired) electrons. The Bertz CT molecular complexity index is 8.00. The van der Waals surface area contributed by atoms with Crippen LogP contribution in [0.1, 0.15) is 0 Å². The zero-order valence-electron chi connectivity index (χ0n) is 1.70. The molecule has 0 unspecified atom stereocenters. The van der Waals surface area contributed by atoms with Gasteiger partial charge in [-0.2, -0.15) is 0 Å². The van der Waals surface area contributed by atoms with Crippen LogP contribution in [0.4, 0.5) is 0 Å². The van der Waals surface area contributed by atoms with Crippen molar-refractivity contribution < 1.29 is 114 Å². The van der Waals surface area contributed by atoms with Gasteiger partial charge in [0.25, 0.3) is 0 Å². The minimum absolute atomic E-state index is 0. The monoisotopic (exact) mass is 432 g/mol. The van der Waals surface area contributed by atoms with E-state index in [0.29, 0.717) is 0 Å². The minimum atomic E-state index is 0. The summed E-state index contributed by atoms with van der Waals surface area (Å²) in [5.74, 6) is 0. The van der Waals surface area contributed by atoms with Crippen LogP contribution in [0.25, 0.3) is 0 Å². The molecule has 0 aliphatic heterocycles. The molecule has 1 nitrogen and oxygen atoms in total. The van der Waals surface area contributed by atoms with Crippen LogP contribution >= 0.6 is 0 Å². The van der Waals surface area contributed by atoms with E-state index >= 15 is 0 Å². The van der Waals surface area contributed by atoms with E-state index in [1.54, 1.807) is 0 Å². The Morgan fingerprint density at radius 3 is 1.00 bits per heavy atom. The van der Waals surface area contributed by atoms with Crippen LogP contribution in [0.15, 0.2) is 0 Å². The molecular formula is H2ErOTbY. The number of hydrogen-bond donors (Lipinski definition) is 0. The van der Waals surface area contributed by atoms with Gasteiger partial charge in [0.1, 0.15) is 0 Å². The predicted octanol–water partition coefficient (Wildman–Crippen LogP) is -0.827. The van der Waals surface area contributed by atoms with Gasteiger partial charge in [-0.25, -0.2) is 0 Å². The number of rotatable bonds is 0. The van der Waals surface area contributed by atoms with Crippen molar-refractivity contribution in [1.29, 1.82) is 0 Å². The average molecular weight is 433 g/mol. The van der Waals surface area contributed by atoms with Gasteiger partial charge in [-0.15, -0.1) is 0 Å². The summed E-state index contributed by atoms with van der Waals surface area (Å²) in [6.45, 7) is 0. The fourth-order valence-electron chi connectivity index (χ4n) is 0. The van der Waals surface area contributed by atoms with Gasteiger partial charge in [-0.05, 0) is 0 Å². The summed E-state index contributed by atoms with van der Waals surface area (Å²) in [6.07, 6.45) is 0. The van der Waals surface area contributed by atoms with Gasteiger partial charge in [-0.3, -0.25) is 0 Å². The maximum absolute atomic E-state index is 0. The molecule has 0 atom stereocenters. The minimum Gasteiger partial charge on any atom is -0.412 e. The summed E-state index contributed by atoms with van der Waals surface area (Å²) in [4.78, 5) is 0. The van der Waals surface area contributed by atoms with Crippen LogP contribution in [0.2, 0.25) is 0 Å². The van der Waals surface area contributed by atoms with Gasteiger partial charge in [0.05, 0.1) is 0 Å². The Kier molecular flexibility index (Phi) is 102. The van der Waals surface area contributed by atoms with E-state index in [4.69, 9.17) is 0 Å². The van der Waals surface area contributed by atoms with Gasteiger partial charge in [-0.1, -0.05) is 0 Å². The van der Waals surface area contributed by atoms with E-state index < -0.39 is 0 Å². The Morgan fingerprint density at radius 2 is 1.00 bits per heavy atom. The van der Waals surface area contributed by atoms with Crippen molar-refractivity contribution in [2.24, 2.45) is 0 Å². The molecule has 2 N–H and O–H groups in total. The summed E-state index contributed by atoms with van der Waals surface area (Å²) >= 11 is 0. The third kappa shape index (κ3) is 9.14. The first kappa shape index (κ1) is 25.6. The Hall–Kier alpha value is 3.60. The molecule has 0 heterocycles. The molecule has 0 aliphatic carbocycles. The first-order valence-corrected chi connectivity index (χ1v) is 0. The summed E-state index contributed by atoms with van der Waals surface area (Å²) in [7, 11) is 0. The molecule has 0 aliphatic rings.